The van der Waals surface area contributed by atoms with Gasteiger partial charge in [-0.05, 0) is 12.1 Å². The monoisotopic (exact) mass is 226 g/mol. The first-order valence-corrected chi connectivity index (χ1v) is 4.50. The number of furan rings is 1. The van der Waals surface area contributed by atoms with Crippen LogP contribution < -0.4 is 4.74 Å². The fraction of sp³-hybridized carbons (Fsp3) is 0.100. The molecule has 0 saturated heterocycles. The standard InChI is InChI=1S/C10H7ClO4/c1-14-9-6(10(12)13)4-5-2-3-15-8(5)7(9)11/h2-4H,1H3,(H,12,13). The van der Waals surface area contributed by atoms with Crippen LogP contribution in [0.1, 0.15) is 10.4 Å². The molecule has 0 atom stereocenters. The van der Waals surface area contributed by atoms with Crippen molar-refractivity contribution in [3.8, 4) is 5.75 Å². The Bertz CT molecular complexity index is 529. The highest BCUT2D eigenvalue weighted by atomic mass is 35.5. The Morgan fingerprint density at radius 2 is 2.33 bits per heavy atom. The maximum Gasteiger partial charge on any atom is 0.339 e. The Labute approximate surface area is 90.0 Å². The highest BCUT2D eigenvalue weighted by molar-refractivity contribution is 6.37. The van der Waals surface area contributed by atoms with Crippen molar-refractivity contribution in [2.45, 2.75) is 0 Å². The van der Waals surface area contributed by atoms with Gasteiger partial charge in [0, 0.05) is 5.39 Å². The third-order valence-electron chi connectivity index (χ3n) is 2.07. The Morgan fingerprint density at radius 1 is 1.60 bits per heavy atom. The first-order valence-electron chi connectivity index (χ1n) is 4.12. The summed E-state index contributed by atoms with van der Waals surface area (Å²) < 4.78 is 10.1. The molecule has 0 fully saturated rings. The number of fused-ring (bicyclic) bond motifs is 1. The van der Waals surface area contributed by atoms with Crippen molar-refractivity contribution in [3.63, 3.8) is 0 Å². The molecule has 1 N–H and O–H groups in total. The Kier molecular flexibility index (Phi) is 2.28. The molecule has 0 bridgehead atoms. The van der Waals surface area contributed by atoms with Crippen LogP contribution in [-0.4, -0.2) is 18.2 Å². The molecule has 0 spiro atoms. The second-order valence-corrected chi connectivity index (χ2v) is 3.29. The zero-order chi connectivity index (χ0) is 11.0. The van der Waals surface area contributed by atoms with Crippen molar-refractivity contribution in [1.82, 2.24) is 0 Å². The number of aromatic carboxylic acids is 1. The molecule has 2 rings (SSSR count). The van der Waals surface area contributed by atoms with Gasteiger partial charge in [0.2, 0.25) is 0 Å². The van der Waals surface area contributed by atoms with E-state index in [1.54, 1.807) is 6.07 Å². The number of hydrogen-bond acceptors (Lipinski definition) is 3. The maximum atomic E-state index is 10.9. The van der Waals surface area contributed by atoms with Gasteiger partial charge in [0.15, 0.2) is 11.3 Å². The molecule has 15 heavy (non-hydrogen) atoms. The van der Waals surface area contributed by atoms with E-state index in [1.807, 2.05) is 0 Å². The molecule has 1 aromatic heterocycles. The molecule has 2 aromatic rings. The second-order valence-electron chi connectivity index (χ2n) is 2.92. The molecule has 78 valence electrons. The first kappa shape index (κ1) is 9.86. The van der Waals surface area contributed by atoms with E-state index in [1.165, 1.54) is 19.4 Å². The van der Waals surface area contributed by atoms with Crippen molar-refractivity contribution >= 4 is 28.5 Å². The van der Waals surface area contributed by atoms with Gasteiger partial charge >= 0.3 is 5.97 Å². The summed E-state index contributed by atoms with van der Waals surface area (Å²) in [5, 5.41) is 9.76. The summed E-state index contributed by atoms with van der Waals surface area (Å²) in [6.07, 6.45) is 1.45. The van der Waals surface area contributed by atoms with Gasteiger partial charge in [0.25, 0.3) is 0 Å². The lowest BCUT2D eigenvalue weighted by Crippen LogP contribution is -2.00. The number of carbonyl (C=O) groups is 1. The normalized spacial score (nSPS) is 10.5. The van der Waals surface area contributed by atoms with Crippen LogP contribution in [0.3, 0.4) is 0 Å². The van der Waals surface area contributed by atoms with Crippen LogP contribution in [0.2, 0.25) is 5.02 Å². The van der Waals surface area contributed by atoms with Gasteiger partial charge in [-0.1, -0.05) is 11.6 Å². The van der Waals surface area contributed by atoms with Gasteiger partial charge < -0.3 is 14.3 Å². The van der Waals surface area contributed by atoms with Crippen LogP contribution in [0.4, 0.5) is 0 Å². The van der Waals surface area contributed by atoms with E-state index in [4.69, 9.17) is 25.9 Å². The molecular weight excluding hydrogens is 220 g/mol. The molecule has 1 aromatic carbocycles. The van der Waals surface area contributed by atoms with Crippen molar-refractivity contribution in [2.24, 2.45) is 0 Å². The minimum atomic E-state index is -1.09. The second kappa shape index (κ2) is 3.47. The van der Waals surface area contributed by atoms with Gasteiger partial charge in [-0.3, -0.25) is 0 Å². The topological polar surface area (TPSA) is 59.7 Å². The fourth-order valence-corrected chi connectivity index (χ4v) is 1.74. The van der Waals surface area contributed by atoms with Gasteiger partial charge in [-0.2, -0.15) is 0 Å². The molecular formula is C10H7ClO4. The first-order chi connectivity index (χ1) is 7.15. The molecule has 4 nitrogen and oxygen atoms in total. The average molecular weight is 227 g/mol. The number of benzene rings is 1. The van der Waals surface area contributed by atoms with Crippen molar-refractivity contribution in [2.75, 3.05) is 7.11 Å². The molecule has 5 heteroatoms. The molecule has 0 radical (unpaired) electrons. The third-order valence-corrected chi connectivity index (χ3v) is 2.42. The lowest BCUT2D eigenvalue weighted by Gasteiger charge is -2.06. The van der Waals surface area contributed by atoms with Crippen LogP contribution in [0, 0.1) is 0 Å². The van der Waals surface area contributed by atoms with E-state index in [2.05, 4.69) is 0 Å². The van der Waals surface area contributed by atoms with Crippen LogP contribution >= 0.6 is 11.6 Å². The van der Waals surface area contributed by atoms with E-state index >= 15 is 0 Å². The van der Waals surface area contributed by atoms with Crippen LogP contribution in [0.5, 0.6) is 5.75 Å². The number of carboxylic acids is 1. The summed E-state index contributed by atoms with van der Waals surface area (Å²) >= 11 is 5.95. The third kappa shape index (κ3) is 1.43. The fourth-order valence-electron chi connectivity index (χ4n) is 1.41. The Morgan fingerprint density at radius 3 is 2.93 bits per heavy atom. The predicted molar refractivity (Wildman–Crippen MR) is 54.7 cm³/mol. The van der Waals surface area contributed by atoms with Crippen molar-refractivity contribution < 1.29 is 19.1 Å². The number of hydrogen-bond donors (Lipinski definition) is 1. The summed E-state index contributed by atoms with van der Waals surface area (Å²) in [4.78, 5) is 10.9. The van der Waals surface area contributed by atoms with Gasteiger partial charge in [0.05, 0.1) is 13.4 Å². The van der Waals surface area contributed by atoms with Crippen LogP contribution in [0.15, 0.2) is 22.8 Å². The molecule has 0 amide bonds. The zero-order valence-electron chi connectivity index (χ0n) is 7.78. The molecule has 0 aliphatic rings. The Hall–Kier alpha value is -1.68. The smallest absolute Gasteiger partial charge is 0.339 e. The Balaban J connectivity index is 2.84. The van der Waals surface area contributed by atoms with Gasteiger partial charge in [-0.25, -0.2) is 4.79 Å². The summed E-state index contributed by atoms with van der Waals surface area (Å²) in [6.45, 7) is 0. The summed E-state index contributed by atoms with van der Waals surface area (Å²) in [5.74, 6) is -0.969. The van der Waals surface area contributed by atoms with Gasteiger partial charge in [0.1, 0.15) is 10.6 Å². The predicted octanol–water partition coefficient (Wildman–Crippen LogP) is 2.79. The van der Waals surface area contributed by atoms with E-state index < -0.39 is 5.97 Å². The highest BCUT2D eigenvalue weighted by Gasteiger charge is 2.19. The lowest BCUT2D eigenvalue weighted by molar-refractivity contribution is 0.0693. The largest absolute Gasteiger partial charge is 0.494 e. The minimum absolute atomic E-state index is 0.0244. The molecule has 0 saturated carbocycles. The number of methoxy groups -OCH3 is 1. The number of rotatable bonds is 2. The summed E-state index contributed by atoms with van der Waals surface area (Å²) in [7, 11) is 1.36. The number of ether oxygens (including phenoxy) is 1. The molecule has 0 aliphatic carbocycles. The van der Waals surface area contributed by atoms with Gasteiger partial charge in [-0.15, -0.1) is 0 Å². The summed E-state index contributed by atoms with van der Waals surface area (Å²) in [5.41, 5.74) is 0.454. The van der Waals surface area contributed by atoms with Crippen LogP contribution in [-0.2, 0) is 0 Å². The van der Waals surface area contributed by atoms with E-state index in [-0.39, 0.29) is 16.3 Å². The van der Waals surface area contributed by atoms with Crippen LogP contribution in [0.25, 0.3) is 11.0 Å². The van der Waals surface area contributed by atoms with E-state index in [0.29, 0.717) is 11.0 Å². The summed E-state index contributed by atoms with van der Waals surface area (Å²) in [6, 6.07) is 3.11. The highest BCUT2D eigenvalue weighted by Crippen LogP contribution is 2.36. The quantitative estimate of drug-likeness (QED) is 0.855. The number of carboxylic acid groups (broad SMARTS) is 1. The van der Waals surface area contributed by atoms with Crippen molar-refractivity contribution in [3.05, 3.63) is 29.0 Å². The zero-order valence-corrected chi connectivity index (χ0v) is 8.54. The molecule has 0 aliphatic heterocycles. The lowest BCUT2D eigenvalue weighted by atomic mass is 10.1. The van der Waals surface area contributed by atoms with Crippen molar-refractivity contribution in [1.29, 1.82) is 0 Å². The number of halogens is 1. The SMILES string of the molecule is COc1c(C(=O)O)cc2ccoc2c1Cl. The average Bonchev–Trinajstić information content (AvgIpc) is 2.65. The maximum absolute atomic E-state index is 10.9. The van der Waals surface area contributed by atoms with E-state index in [0.717, 1.165) is 0 Å². The molecule has 1 heterocycles. The van der Waals surface area contributed by atoms with E-state index in [9.17, 15) is 4.79 Å². The minimum Gasteiger partial charge on any atom is -0.494 e. The molecule has 0 unspecified atom stereocenters.